The fourth-order valence-electron chi connectivity index (χ4n) is 1.56. The lowest BCUT2D eigenvalue weighted by atomic mass is 10.1. The van der Waals surface area contributed by atoms with Gasteiger partial charge in [-0.25, -0.2) is 4.98 Å². The molecule has 1 aromatic carbocycles. The molecule has 0 bridgehead atoms. The van der Waals surface area contributed by atoms with Gasteiger partial charge in [-0.1, -0.05) is 52.5 Å². The zero-order valence-corrected chi connectivity index (χ0v) is 12.2. The van der Waals surface area contributed by atoms with Crippen molar-refractivity contribution in [3.05, 3.63) is 44.6 Å². The Labute approximate surface area is 124 Å². The molecule has 1 aromatic heterocycles. The zero-order chi connectivity index (χ0) is 13.3. The molecule has 0 radical (unpaired) electrons. The molecule has 0 saturated heterocycles. The summed E-state index contributed by atoms with van der Waals surface area (Å²) in [6.07, 6.45) is 1.57. The van der Waals surface area contributed by atoms with Crippen molar-refractivity contribution in [1.82, 2.24) is 4.98 Å². The molecule has 2 rings (SSSR count). The van der Waals surface area contributed by atoms with Gasteiger partial charge in [-0.2, -0.15) is 0 Å². The van der Waals surface area contributed by atoms with E-state index < -0.39 is 0 Å². The van der Waals surface area contributed by atoms with Crippen molar-refractivity contribution in [2.24, 2.45) is 0 Å². The van der Waals surface area contributed by atoms with Gasteiger partial charge in [-0.15, -0.1) is 0 Å². The Morgan fingerprint density at radius 1 is 0.944 bits per heavy atom. The molecular formula is C12H7Cl4NO. The van der Waals surface area contributed by atoms with E-state index in [1.54, 1.807) is 24.4 Å². The summed E-state index contributed by atoms with van der Waals surface area (Å²) in [5.41, 5.74) is 1.40. The molecule has 0 amide bonds. The first-order valence-electron chi connectivity index (χ1n) is 4.88. The molecule has 0 N–H and O–H groups in total. The van der Waals surface area contributed by atoms with E-state index in [1.807, 2.05) is 0 Å². The summed E-state index contributed by atoms with van der Waals surface area (Å²) < 4.78 is 5.23. The van der Waals surface area contributed by atoms with Crippen LogP contribution in [0.5, 0.6) is 5.75 Å². The van der Waals surface area contributed by atoms with Crippen molar-refractivity contribution >= 4 is 46.4 Å². The van der Waals surface area contributed by atoms with Gasteiger partial charge in [0, 0.05) is 17.3 Å². The number of hydrogen-bond acceptors (Lipinski definition) is 2. The van der Waals surface area contributed by atoms with Gasteiger partial charge in [-0.05, 0) is 12.1 Å². The normalized spacial score (nSPS) is 10.5. The molecular weight excluding hydrogens is 316 g/mol. The predicted molar refractivity (Wildman–Crippen MR) is 76.3 cm³/mol. The van der Waals surface area contributed by atoms with E-state index in [0.717, 1.165) is 0 Å². The molecule has 2 nitrogen and oxygen atoms in total. The van der Waals surface area contributed by atoms with Crippen LogP contribution in [0.3, 0.4) is 0 Å². The molecule has 94 valence electrons. The lowest BCUT2D eigenvalue weighted by molar-refractivity contribution is 0.415. The highest BCUT2D eigenvalue weighted by Crippen LogP contribution is 2.42. The van der Waals surface area contributed by atoms with Crippen LogP contribution >= 0.6 is 46.4 Å². The summed E-state index contributed by atoms with van der Waals surface area (Å²) in [6.45, 7) is 0. The van der Waals surface area contributed by atoms with E-state index >= 15 is 0 Å². The number of hydrogen-bond donors (Lipinski definition) is 0. The lowest BCUT2D eigenvalue weighted by Gasteiger charge is -2.12. The van der Waals surface area contributed by atoms with Crippen LogP contribution in [0.4, 0.5) is 0 Å². The average molecular weight is 323 g/mol. The van der Waals surface area contributed by atoms with E-state index in [1.165, 1.54) is 7.11 Å². The van der Waals surface area contributed by atoms with E-state index in [4.69, 9.17) is 51.1 Å². The minimum atomic E-state index is 0.261. The Bertz CT molecular complexity index is 601. The molecule has 0 aliphatic rings. The van der Waals surface area contributed by atoms with Crippen LogP contribution in [0.2, 0.25) is 20.2 Å². The van der Waals surface area contributed by atoms with E-state index in [-0.39, 0.29) is 5.15 Å². The van der Waals surface area contributed by atoms with Crippen LogP contribution in [0.25, 0.3) is 11.1 Å². The molecule has 18 heavy (non-hydrogen) atoms. The Kier molecular flexibility index (Phi) is 4.23. The first-order valence-corrected chi connectivity index (χ1v) is 6.39. The van der Waals surface area contributed by atoms with Gasteiger partial charge in [0.25, 0.3) is 0 Å². The second-order valence-corrected chi connectivity index (χ2v) is 4.93. The molecule has 0 fully saturated rings. The van der Waals surface area contributed by atoms with Gasteiger partial charge in [0.2, 0.25) is 0 Å². The smallest absolute Gasteiger partial charge is 0.171 e. The van der Waals surface area contributed by atoms with Crippen LogP contribution in [0.15, 0.2) is 24.4 Å². The highest BCUT2D eigenvalue weighted by atomic mass is 35.5. The predicted octanol–water partition coefficient (Wildman–Crippen LogP) is 5.37. The Morgan fingerprint density at radius 2 is 1.67 bits per heavy atom. The summed E-state index contributed by atoms with van der Waals surface area (Å²) in [5.74, 6) is 0.444. The number of pyridine rings is 1. The van der Waals surface area contributed by atoms with Crippen LogP contribution in [-0.2, 0) is 0 Å². The van der Waals surface area contributed by atoms with Gasteiger partial charge in [0.05, 0.1) is 22.2 Å². The number of ether oxygens (including phenoxy) is 1. The molecule has 2 aromatic rings. The number of benzene rings is 1. The Balaban J connectivity index is 2.70. The molecule has 0 aliphatic carbocycles. The number of aromatic nitrogens is 1. The molecule has 0 aliphatic heterocycles. The minimum absolute atomic E-state index is 0.261. The van der Waals surface area contributed by atoms with Crippen molar-refractivity contribution in [3.63, 3.8) is 0 Å². The van der Waals surface area contributed by atoms with Gasteiger partial charge in [-0.3, -0.25) is 0 Å². The van der Waals surface area contributed by atoms with Crippen molar-refractivity contribution in [1.29, 1.82) is 0 Å². The summed E-state index contributed by atoms with van der Waals surface area (Å²) in [5, 5.41) is 1.30. The molecule has 0 unspecified atom stereocenters. The van der Waals surface area contributed by atoms with Crippen molar-refractivity contribution in [3.8, 4) is 16.9 Å². The second kappa shape index (κ2) is 5.54. The summed E-state index contributed by atoms with van der Waals surface area (Å²) >= 11 is 24.1. The van der Waals surface area contributed by atoms with Gasteiger partial charge in [0.1, 0.15) is 0 Å². The van der Waals surface area contributed by atoms with Crippen LogP contribution < -0.4 is 4.74 Å². The number of halogens is 4. The third kappa shape index (κ3) is 2.39. The third-order valence-corrected chi connectivity index (χ3v) is 3.95. The second-order valence-electron chi connectivity index (χ2n) is 3.41. The Morgan fingerprint density at radius 3 is 2.33 bits per heavy atom. The third-order valence-electron chi connectivity index (χ3n) is 2.39. The molecule has 6 heteroatoms. The van der Waals surface area contributed by atoms with Gasteiger partial charge in [0.15, 0.2) is 10.9 Å². The average Bonchev–Trinajstić information content (AvgIpc) is 2.36. The largest absolute Gasteiger partial charge is 0.493 e. The van der Waals surface area contributed by atoms with Gasteiger partial charge >= 0.3 is 0 Å². The molecule has 0 atom stereocenters. The highest BCUT2D eigenvalue weighted by Gasteiger charge is 2.16. The van der Waals surface area contributed by atoms with Crippen molar-refractivity contribution in [2.75, 3.05) is 7.11 Å². The maximum atomic E-state index is 6.18. The standard InChI is InChI=1S/C12H7Cl4NO/c1-18-11-7(4-5-17-12(11)16)6-2-3-8(13)10(15)9(6)14/h2-5H,1H3. The first kappa shape index (κ1) is 13.8. The monoisotopic (exact) mass is 321 g/mol. The maximum absolute atomic E-state index is 6.18. The zero-order valence-electron chi connectivity index (χ0n) is 9.18. The van der Waals surface area contributed by atoms with E-state index in [0.29, 0.717) is 31.9 Å². The molecule has 1 heterocycles. The number of methoxy groups -OCH3 is 1. The van der Waals surface area contributed by atoms with Crippen LogP contribution in [-0.4, -0.2) is 12.1 Å². The topological polar surface area (TPSA) is 22.1 Å². The number of nitrogens with zero attached hydrogens (tertiary/aromatic N) is 1. The SMILES string of the molecule is COc1c(-c2ccc(Cl)c(Cl)c2Cl)ccnc1Cl. The maximum Gasteiger partial charge on any atom is 0.171 e. The summed E-state index contributed by atoms with van der Waals surface area (Å²) in [7, 11) is 1.51. The highest BCUT2D eigenvalue weighted by molar-refractivity contribution is 6.49. The molecule has 0 saturated carbocycles. The fourth-order valence-corrected chi connectivity index (χ4v) is 2.44. The fraction of sp³-hybridized carbons (Fsp3) is 0.0833. The Hall–Kier alpha value is -0.670. The summed E-state index contributed by atoms with van der Waals surface area (Å²) in [6, 6.07) is 5.17. The van der Waals surface area contributed by atoms with Gasteiger partial charge < -0.3 is 4.74 Å². The van der Waals surface area contributed by atoms with E-state index in [2.05, 4.69) is 4.98 Å². The van der Waals surface area contributed by atoms with Crippen LogP contribution in [0, 0.1) is 0 Å². The van der Waals surface area contributed by atoms with E-state index in [9.17, 15) is 0 Å². The van der Waals surface area contributed by atoms with Crippen molar-refractivity contribution < 1.29 is 4.74 Å². The first-order chi connectivity index (χ1) is 8.56. The van der Waals surface area contributed by atoms with Crippen molar-refractivity contribution in [2.45, 2.75) is 0 Å². The number of rotatable bonds is 2. The quantitative estimate of drug-likeness (QED) is 0.547. The lowest BCUT2D eigenvalue weighted by Crippen LogP contribution is -1.92. The van der Waals surface area contributed by atoms with Crippen LogP contribution in [0.1, 0.15) is 0 Å². The minimum Gasteiger partial charge on any atom is -0.493 e. The molecule has 0 spiro atoms. The summed E-state index contributed by atoms with van der Waals surface area (Å²) in [4.78, 5) is 3.94.